The van der Waals surface area contributed by atoms with Crippen molar-refractivity contribution < 1.29 is 9.18 Å². The van der Waals surface area contributed by atoms with Crippen molar-refractivity contribution in [2.75, 3.05) is 11.1 Å². The lowest BCUT2D eigenvalue weighted by molar-refractivity contribution is 0.103. The summed E-state index contributed by atoms with van der Waals surface area (Å²) >= 11 is 2.83. The lowest BCUT2D eigenvalue weighted by Gasteiger charge is -2.05. The minimum absolute atomic E-state index is 0.366. The topological polar surface area (TPSA) is 68.0 Å². The molecule has 7 heteroatoms. The zero-order valence-electron chi connectivity index (χ0n) is 13.7. The maximum Gasteiger partial charge on any atom is 0.267 e. The highest BCUT2D eigenvalue weighted by Crippen LogP contribution is 2.35. The van der Waals surface area contributed by atoms with E-state index in [-0.39, 0.29) is 11.7 Å². The van der Waals surface area contributed by atoms with Crippen molar-refractivity contribution in [2.45, 2.75) is 6.92 Å². The average molecular weight is 383 g/mol. The molecule has 3 N–H and O–H groups in total. The summed E-state index contributed by atoms with van der Waals surface area (Å²) < 4.78 is 13.7. The zero-order chi connectivity index (χ0) is 18.3. The summed E-state index contributed by atoms with van der Waals surface area (Å²) in [5.41, 5.74) is 8.31. The molecule has 4 nitrogen and oxygen atoms in total. The van der Waals surface area contributed by atoms with Crippen LogP contribution in [0.5, 0.6) is 0 Å². The number of nitrogen functional groups attached to an aromatic ring is 1. The lowest BCUT2D eigenvalue weighted by Crippen LogP contribution is -2.12. The van der Waals surface area contributed by atoms with Gasteiger partial charge in [-0.05, 0) is 48.2 Å². The molecule has 0 radical (unpaired) electrons. The zero-order valence-corrected chi connectivity index (χ0v) is 15.4. The fraction of sp³-hybridized carbons (Fsp3) is 0.0526. The summed E-state index contributed by atoms with van der Waals surface area (Å²) in [6.45, 7) is 1.67. The van der Waals surface area contributed by atoms with Crippen molar-refractivity contribution in [1.29, 1.82) is 0 Å². The predicted octanol–water partition coefficient (Wildman–Crippen LogP) is 5.31. The molecule has 0 fully saturated rings. The Balaban J connectivity index is 1.68. The number of amides is 1. The second-order valence-electron chi connectivity index (χ2n) is 5.79. The summed E-state index contributed by atoms with van der Waals surface area (Å²) in [6.07, 6.45) is 0. The van der Waals surface area contributed by atoms with E-state index in [2.05, 4.69) is 10.3 Å². The van der Waals surface area contributed by atoms with Gasteiger partial charge in [-0.3, -0.25) is 4.79 Å². The molecular weight excluding hydrogens is 369 g/mol. The molecule has 0 aliphatic rings. The van der Waals surface area contributed by atoms with Crippen molar-refractivity contribution in [2.24, 2.45) is 0 Å². The van der Waals surface area contributed by atoms with Crippen molar-refractivity contribution >= 4 is 50.2 Å². The van der Waals surface area contributed by atoms with Crippen molar-refractivity contribution in [1.82, 2.24) is 4.98 Å². The Labute approximate surface area is 157 Å². The average Bonchev–Trinajstić information content (AvgIpc) is 3.26. The van der Waals surface area contributed by atoms with Crippen LogP contribution in [0.25, 0.3) is 20.8 Å². The quantitative estimate of drug-likeness (QED) is 0.504. The van der Waals surface area contributed by atoms with Crippen LogP contribution in [0.15, 0.2) is 47.8 Å². The molecule has 0 saturated heterocycles. The number of pyridine rings is 1. The van der Waals surface area contributed by atoms with Crippen LogP contribution in [-0.4, -0.2) is 10.9 Å². The number of hydrogen-bond donors (Lipinski definition) is 2. The summed E-state index contributed by atoms with van der Waals surface area (Å²) in [7, 11) is 0. The third-order valence-electron chi connectivity index (χ3n) is 4.00. The van der Waals surface area contributed by atoms with E-state index in [4.69, 9.17) is 5.73 Å². The van der Waals surface area contributed by atoms with Gasteiger partial charge in [0.15, 0.2) is 0 Å². The number of carbonyl (C=O) groups is 1. The first kappa shape index (κ1) is 16.7. The molecule has 3 aromatic heterocycles. The fourth-order valence-electron chi connectivity index (χ4n) is 2.59. The molecule has 1 amide bonds. The van der Waals surface area contributed by atoms with Gasteiger partial charge in [0.05, 0.1) is 16.3 Å². The molecule has 0 saturated carbocycles. The number of aryl methyl sites for hydroxylation is 1. The number of nitrogens with two attached hydrogens (primary N) is 1. The van der Waals surface area contributed by atoms with E-state index in [9.17, 15) is 9.18 Å². The second-order valence-corrected chi connectivity index (χ2v) is 7.74. The molecular formula is C19H14FN3OS2. The van der Waals surface area contributed by atoms with Gasteiger partial charge in [-0.25, -0.2) is 9.37 Å². The molecule has 1 aromatic carbocycles. The number of carbonyl (C=O) groups excluding carboxylic acids is 1. The number of nitrogens with one attached hydrogen (secondary N) is 1. The molecule has 0 aliphatic carbocycles. The van der Waals surface area contributed by atoms with Gasteiger partial charge in [0, 0.05) is 11.1 Å². The van der Waals surface area contributed by atoms with Crippen LogP contribution < -0.4 is 11.1 Å². The highest BCUT2D eigenvalue weighted by atomic mass is 32.1. The number of anilines is 2. The Bertz CT molecular complexity index is 1120. The summed E-state index contributed by atoms with van der Waals surface area (Å²) in [5.74, 6) is -0.735. The second kappa shape index (κ2) is 6.51. The Morgan fingerprint density at radius 2 is 2.08 bits per heavy atom. The standard InChI is InChI=1S/C19H14FN3OS2/c1-10-4-5-11(9-13(10)20)22-18(24)17-16(21)12-6-7-14(23-19(12)26-17)15-3-2-8-25-15/h2-9H,21H2,1H3,(H,22,24). The first-order valence-electron chi connectivity index (χ1n) is 7.83. The van der Waals surface area contributed by atoms with Crippen LogP contribution in [0.1, 0.15) is 15.2 Å². The molecule has 4 rings (SSSR count). The molecule has 0 atom stereocenters. The van der Waals surface area contributed by atoms with Crippen LogP contribution in [0.4, 0.5) is 15.8 Å². The van der Waals surface area contributed by atoms with Crippen LogP contribution >= 0.6 is 22.7 Å². The Kier molecular flexibility index (Phi) is 4.18. The van der Waals surface area contributed by atoms with Gasteiger partial charge in [0.1, 0.15) is 15.5 Å². The first-order valence-corrected chi connectivity index (χ1v) is 9.53. The molecule has 4 aromatic rings. The number of halogens is 1. The first-order chi connectivity index (χ1) is 12.5. The van der Waals surface area contributed by atoms with E-state index in [0.29, 0.717) is 26.6 Å². The van der Waals surface area contributed by atoms with E-state index in [1.54, 1.807) is 30.4 Å². The van der Waals surface area contributed by atoms with Gasteiger partial charge in [-0.1, -0.05) is 12.1 Å². The highest BCUT2D eigenvalue weighted by molar-refractivity contribution is 7.21. The number of fused-ring (bicyclic) bond motifs is 1. The van der Waals surface area contributed by atoms with E-state index >= 15 is 0 Å². The SMILES string of the molecule is Cc1ccc(NC(=O)c2sc3nc(-c4cccs4)ccc3c2N)cc1F. The van der Waals surface area contributed by atoms with Gasteiger partial charge >= 0.3 is 0 Å². The summed E-state index contributed by atoms with van der Waals surface area (Å²) in [4.78, 5) is 19.3. The molecule has 130 valence electrons. The maximum absolute atomic E-state index is 13.7. The highest BCUT2D eigenvalue weighted by Gasteiger charge is 2.18. The van der Waals surface area contributed by atoms with Crippen LogP contribution in [0, 0.1) is 12.7 Å². The van der Waals surface area contributed by atoms with Gasteiger partial charge < -0.3 is 11.1 Å². The van der Waals surface area contributed by atoms with Gasteiger partial charge in [0.2, 0.25) is 0 Å². The third-order valence-corrected chi connectivity index (χ3v) is 6.01. The van der Waals surface area contributed by atoms with Crippen molar-refractivity contribution in [3.8, 4) is 10.6 Å². The number of aromatic nitrogens is 1. The minimum Gasteiger partial charge on any atom is -0.397 e. The largest absolute Gasteiger partial charge is 0.397 e. The Hall–Kier alpha value is -2.77. The molecule has 0 bridgehead atoms. The molecule has 0 spiro atoms. The molecule has 3 heterocycles. The summed E-state index contributed by atoms with van der Waals surface area (Å²) in [5, 5.41) is 5.43. The van der Waals surface area contributed by atoms with E-state index in [1.165, 1.54) is 17.4 Å². The number of hydrogen-bond acceptors (Lipinski definition) is 5. The number of rotatable bonds is 3. The van der Waals surface area contributed by atoms with Crippen LogP contribution in [0.3, 0.4) is 0 Å². The molecule has 0 aliphatic heterocycles. The molecule has 26 heavy (non-hydrogen) atoms. The summed E-state index contributed by atoms with van der Waals surface area (Å²) in [6, 6.07) is 12.3. The van der Waals surface area contributed by atoms with Gasteiger partial charge in [-0.15, -0.1) is 22.7 Å². The number of nitrogens with zero attached hydrogens (tertiary/aromatic N) is 1. The van der Waals surface area contributed by atoms with Crippen molar-refractivity contribution in [3.05, 3.63) is 64.1 Å². The normalized spacial score (nSPS) is 11.0. The third kappa shape index (κ3) is 2.95. The fourth-order valence-corrected chi connectivity index (χ4v) is 4.27. The van der Waals surface area contributed by atoms with E-state index in [0.717, 1.165) is 16.0 Å². The minimum atomic E-state index is -0.369. The number of thiophene rings is 2. The number of benzene rings is 1. The molecule has 0 unspecified atom stereocenters. The smallest absolute Gasteiger partial charge is 0.267 e. The Morgan fingerprint density at radius 3 is 2.81 bits per heavy atom. The van der Waals surface area contributed by atoms with E-state index in [1.807, 2.05) is 29.6 Å². The van der Waals surface area contributed by atoms with E-state index < -0.39 is 0 Å². The maximum atomic E-state index is 13.7. The Morgan fingerprint density at radius 1 is 1.23 bits per heavy atom. The van der Waals surface area contributed by atoms with Crippen LogP contribution in [0.2, 0.25) is 0 Å². The van der Waals surface area contributed by atoms with Crippen LogP contribution in [-0.2, 0) is 0 Å². The van der Waals surface area contributed by atoms with Gasteiger partial charge in [0.25, 0.3) is 5.91 Å². The predicted molar refractivity (Wildman–Crippen MR) is 106 cm³/mol. The van der Waals surface area contributed by atoms with Crippen molar-refractivity contribution in [3.63, 3.8) is 0 Å². The lowest BCUT2D eigenvalue weighted by atomic mass is 10.2. The van der Waals surface area contributed by atoms with Gasteiger partial charge in [-0.2, -0.15) is 0 Å². The monoisotopic (exact) mass is 383 g/mol.